The molecule has 0 radical (unpaired) electrons. The first kappa shape index (κ1) is 4.81. The van der Waals surface area contributed by atoms with Crippen LogP contribution in [0.1, 0.15) is 0 Å². The average molecular weight is 113 g/mol. The second-order valence-corrected chi connectivity index (χ2v) is 2.24. The lowest BCUT2D eigenvalue weighted by Gasteiger charge is -1.51. The van der Waals surface area contributed by atoms with Crippen molar-refractivity contribution in [2.75, 3.05) is 5.62 Å². The fraction of sp³-hybridized carbons (Fsp3) is 1.00. The van der Waals surface area contributed by atoms with Crippen LogP contribution in [-0.2, 0) is 11.8 Å². The van der Waals surface area contributed by atoms with Crippen molar-refractivity contribution in [1.82, 2.24) is 0 Å². The van der Waals surface area contributed by atoms with E-state index in [9.17, 15) is 0 Å². The maximum absolute atomic E-state index is 5.07. The largest absolute Gasteiger partial charge is 0.116 e. The van der Waals surface area contributed by atoms with Crippen molar-refractivity contribution in [2.24, 2.45) is 0 Å². The van der Waals surface area contributed by atoms with Crippen LogP contribution in [0.15, 0.2) is 0 Å². The molecule has 0 unspecified atom stereocenters. The number of hydrogen-bond donors (Lipinski definition) is 0. The molecule has 0 aliphatic heterocycles. The molecule has 0 heterocycles. The van der Waals surface area contributed by atoms with Gasteiger partial charge in [-0.2, -0.15) is 0 Å². The molecular weight excluding hydrogens is 111 g/mol. The minimum Gasteiger partial charge on any atom is -0.116 e. The Labute approximate surface area is 37.0 Å². The van der Waals surface area contributed by atoms with Gasteiger partial charge in [-0.1, -0.05) is 11.8 Å². The molecule has 0 aromatic rings. The third-order valence-electron chi connectivity index (χ3n) is 0.0488. The summed E-state index contributed by atoms with van der Waals surface area (Å²) in [7, 11) is 0.847. The summed E-state index contributed by atoms with van der Waals surface area (Å²) in [5, 5.41) is 0. The molecule has 4 heavy (non-hydrogen) atoms. The van der Waals surface area contributed by atoms with Gasteiger partial charge < -0.3 is 0 Å². The highest BCUT2D eigenvalue weighted by molar-refractivity contribution is 7.97. The molecule has 0 N–H and O–H groups in total. The Morgan fingerprint density at radius 1 is 2.00 bits per heavy atom. The Bertz CT molecular complexity index is 22.0. The number of alkyl halides is 1. The average Bonchev–Trinajstić information content (AvgIpc) is 1.37. The standard InChI is InChI=1S/CH2ClPS/c2-1-3-4/h1H2. The van der Waals surface area contributed by atoms with Gasteiger partial charge in [-0.3, -0.25) is 0 Å². The van der Waals surface area contributed by atoms with E-state index in [1.54, 1.807) is 0 Å². The zero-order chi connectivity index (χ0) is 3.41. The Kier molecular flexibility index (Phi) is 4.58. The van der Waals surface area contributed by atoms with E-state index in [0.717, 1.165) is 7.36 Å². The van der Waals surface area contributed by atoms with Crippen molar-refractivity contribution in [1.29, 1.82) is 0 Å². The maximum atomic E-state index is 5.07. The fourth-order valence-corrected chi connectivity index (χ4v) is 0. The number of halogens is 1. The monoisotopic (exact) mass is 112 g/mol. The minimum absolute atomic E-state index is 0.579. The van der Waals surface area contributed by atoms with Crippen molar-refractivity contribution in [3.8, 4) is 0 Å². The molecule has 0 bridgehead atoms. The van der Waals surface area contributed by atoms with Gasteiger partial charge in [0, 0.05) is 0 Å². The minimum atomic E-state index is 0.579. The first-order valence-corrected chi connectivity index (χ1v) is 3.39. The lowest BCUT2D eigenvalue weighted by atomic mass is 11.9. The van der Waals surface area contributed by atoms with Gasteiger partial charge in [0.15, 0.2) is 0 Å². The molecule has 0 fully saturated rings. The highest BCUT2D eigenvalue weighted by Gasteiger charge is 1.52. The maximum Gasteiger partial charge on any atom is 0.0746 e. The van der Waals surface area contributed by atoms with Crippen LogP contribution in [-0.4, -0.2) is 5.62 Å². The SMILES string of the molecule is S=PCCl. The molecule has 0 aliphatic rings. The molecule has 0 atom stereocenters. The van der Waals surface area contributed by atoms with Crippen LogP contribution in [0.3, 0.4) is 0 Å². The summed E-state index contributed by atoms with van der Waals surface area (Å²) in [6, 6.07) is 0. The van der Waals surface area contributed by atoms with Crippen LogP contribution < -0.4 is 0 Å². The van der Waals surface area contributed by atoms with Gasteiger partial charge in [0.25, 0.3) is 0 Å². The summed E-state index contributed by atoms with van der Waals surface area (Å²) in [6.45, 7) is 0. The quantitative estimate of drug-likeness (QED) is 0.367. The topological polar surface area (TPSA) is 0 Å². The molecule has 3 heteroatoms. The molecule has 0 amide bonds. The van der Waals surface area contributed by atoms with Gasteiger partial charge in [0.1, 0.15) is 0 Å². The number of rotatable bonds is 1. The highest BCUT2D eigenvalue weighted by Crippen LogP contribution is 1.90. The van der Waals surface area contributed by atoms with E-state index in [2.05, 4.69) is 11.8 Å². The van der Waals surface area contributed by atoms with Gasteiger partial charge in [-0.25, -0.2) is 0 Å². The van der Waals surface area contributed by atoms with Gasteiger partial charge in [-0.05, 0) is 7.36 Å². The van der Waals surface area contributed by atoms with E-state index < -0.39 is 0 Å². The van der Waals surface area contributed by atoms with E-state index in [1.807, 2.05) is 0 Å². The summed E-state index contributed by atoms with van der Waals surface area (Å²) in [4.78, 5) is 0. The predicted octanol–water partition coefficient (Wildman–Crippen LogP) is 1.59. The lowest BCUT2D eigenvalue weighted by molar-refractivity contribution is 2.26. The van der Waals surface area contributed by atoms with E-state index >= 15 is 0 Å². The normalized spacial score (nSPS) is 8.25. The fourth-order valence-electron chi connectivity index (χ4n) is 0. The number of hydrogen-bond acceptors (Lipinski definition) is 1. The molecular formula is CH2ClPS. The third-order valence-corrected chi connectivity index (χ3v) is 1.32. The summed E-state index contributed by atoms with van der Waals surface area (Å²) in [6.07, 6.45) is 0. The third kappa shape index (κ3) is 2.81. The van der Waals surface area contributed by atoms with Crippen LogP contribution in [0.2, 0.25) is 0 Å². The van der Waals surface area contributed by atoms with Crippen molar-refractivity contribution in [3.63, 3.8) is 0 Å². The summed E-state index contributed by atoms with van der Waals surface area (Å²) in [5.41, 5.74) is 0.579. The molecule has 24 valence electrons. The molecule has 0 saturated heterocycles. The molecule has 0 aliphatic carbocycles. The smallest absolute Gasteiger partial charge is 0.0746 e. The van der Waals surface area contributed by atoms with E-state index in [-0.39, 0.29) is 0 Å². The second kappa shape index (κ2) is 3.81. The van der Waals surface area contributed by atoms with Gasteiger partial charge in [0.05, 0.1) is 5.62 Å². The molecule has 0 spiro atoms. The van der Waals surface area contributed by atoms with Gasteiger partial charge >= 0.3 is 0 Å². The van der Waals surface area contributed by atoms with E-state index in [1.165, 1.54) is 0 Å². The van der Waals surface area contributed by atoms with Crippen molar-refractivity contribution >= 4 is 30.8 Å². The van der Waals surface area contributed by atoms with Gasteiger partial charge in [0.2, 0.25) is 0 Å². The molecule has 0 aromatic heterocycles. The van der Waals surface area contributed by atoms with Crippen LogP contribution in [0, 0.1) is 0 Å². The Morgan fingerprint density at radius 3 is 2.25 bits per heavy atom. The Morgan fingerprint density at radius 2 is 2.25 bits per heavy atom. The molecule has 0 nitrogen and oxygen atoms in total. The van der Waals surface area contributed by atoms with Crippen molar-refractivity contribution in [3.05, 3.63) is 0 Å². The summed E-state index contributed by atoms with van der Waals surface area (Å²) < 4.78 is 0. The van der Waals surface area contributed by atoms with Gasteiger partial charge in [-0.15, -0.1) is 11.6 Å². The summed E-state index contributed by atoms with van der Waals surface area (Å²) >= 11 is 9.46. The van der Waals surface area contributed by atoms with E-state index in [4.69, 9.17) is 11.6 Å². The Balaban J connectivity index is 2.30. The second-order valence-electron chi connectivity index (χ2n) is 0.249. The summed E-state index contributed by atoms with van der Waals surface area (Å²) in [5.74, 6) is 0. The first-order chi connectivity index (χ1) is 1.91. The first-order valence-electron chi connectivity index (χ1n) is 0.766. The molecule has 0 saturated carbocycles. The van der Waals surface area contributed by atoms with Crippen molar-refractivity contribution in [2.45, 2.75) is 0 Å². The molecule has 0 aromatic carbocycles. The molecule has 0 rings (SSSR count). The van der Waals surface area contributed by atoms with Crippen LogP contribution in [0.25, 0.3) is 0 Å². The highest BCUT2D eigenvalue weighted by atomic mass is 35.5. The lowest BCUT2D eigenvalue weighted by Crippen LogP contribution is -1.28. The predicted molar refractivity (Wildman–Crippen MR) is 25.0 cm³/mol. The van der Waals surface area contributed by atoms with Crippen molar-refractivity contribution < 1.29 is 0 Å². The zero-order valence-corrected chi connectivity index (χ0v) is 4.41. The zero-order valence-electron chi connectivity index (χ0n) is 1.94. The van der Waals surface area contributed by atoms with Crippen LogP contribution in [0.5, 0.6) is 0 Å². The van der Waals surface area contributed by atoms with Crippen LogP contribution >= 0.6 is 19.0 Å². The Hall–Kier alpha value is 0.810. The van der Waals surface area contributed by atoms with Crippen LogP contribution in [0.4, 0.5) is 0 Å². The van der Waals surface area contributed by atoms with E-state index in [0.29, 0.717) is 5.62 Å².